The van der Waals surface area contributed by atoms with E-state index in [0.717, 1.165) is 0 Å². The summed E-state index contributed by atoms with van der Waals surface area (Å²) in [6.07, 6.45) is 0.593. The van der Waals surface area contributed by atoms with Gasteiger partial charge in [0.25, 0.3) is 0 Å². The minimum absolute atomic E-state index is 0.271. The Labute approximate surface area is 66.4 Å². The Morgan fingerprint density at radius 3 is 2.18 bits per heavy atom. The van der Waals surface area contributed by atoms with Crippen molar-refractivity contribution in [2.45, 2.75) is 32.8 Å². The Hall–Kier alpha value is -0.570. The van der Waals surface area contributed by atoms with Crippen LogP contribution in [-0.4, -0.2) is 23.3 Å². The molecule has 0 spiro atoms. The highest BCUT2D eigenvalue weighted by molar-refractivity contribution is 5.74. The van der Waals surface area contributed by atoms with E-state index < -0.39 is 11.4 Å². The number of carbonyl (C=O) groups is 1. The summed E-state index contributed by atoms with van der Waals surface area (Å²) in [4.78, 5) is 10.7. The summed E-state index contributed by atoms with van der Waals surface area (Å²) in [6, 6.07) is 0. The molecule has 0 aromatic heterocycles. The van der Waals surface area contributed by atoms with Gasteiger partial charge in [0.2, 0.25) is 0 Å². The van der Waals surface area contributed by atoms with Gasteiger partial charge in [0, 0.05) is 0 Å². The Kier molecular flexibility index (Phi) is 1.71. The van der Waals surface area contributed by atoms with Crippen LogP contribution >= 0.6 is 0 Å². The van der Waals surface area contributed by atoms with E-state index >= 15 is 0 Å². The number of hydrogen-bond acceptors (Lipinski definition) is 2. The number of ether oxygens (including phenoxy) is 1. The molecule has 1 atom stereocenters. The summed E-state index contributed by atoms with van der Waals surface area (Å²) < 4.78 is 5.34. The van der Waals surface area contributed by atoms with Crippen LogP contribution in [0.4, 0.5) is 0 Å². The Balaban J connectivity index is 2.73. The van der Waals surface area contributed by atoms with Crippen molar-refractivity contribution >= 4 is 5.97 Å². The van der Waals surface area contributed by atoms with Crippen molar-refractivity contribution in [3.05, 3.63) is 0 Å². The molecule has 1 rings (SSSR count). The van der Waals surface area contributed by atoms with Crippen LogP contribution in [0.25, 0.3) is 0 Å². The molecular weight excluding hydrogens is 144 g/mol. The minimum atomic E-state index is -0.761. The van der Waals surface area contributed by atoms with Crippen molar-refractivity contribution in [2.75, 3.05) is 6.61 Å². The molecule has 64 valence electrons. The van der Waals surface area contributed by atoms with Crippen molar-refractivity contribution in [3.8, 4) is 0 Å². The van der Waals surface area contributed by atoms with Crippen LogP contribution in [0.5, 0.6) is 0 Å². The van der Waals surface area contributed by atoms with Gasteiger partial charge in [-0.1, -0.05) is 0 Å². The van der Waals surface area contributed by atoms with Gasteiger partial charge < -0.3 is 9.84 Å². The summed E-state index contributed by atoms with van der Waals surface area (Å²) in [5, 5.41) is 8.82. The van der Waals surface area contributed by atoms with Gasteiger partial charge in [0.05, 0.1) is 17.6 Å². The Bertz CT molecular complexity index is 186. The van der Waals surface area contributed by atoms with E-state index in [1.54, 1.807) is 6.92 Å². The number of carboxylic acid groups (broad SMARTS) is 1. The normalized spacial score (nSPS) is 35.5. The van der Waals surface area contributed by atoms with Crippen molar-refractivity contribution < 1.29 is 14.6 Å². The molecule has 0 saturated carbocycles. The fraction of sp³-hybridized carbons (Fsp3) is 0.875. The zero-order chi connectivity index (χ0) is 8.70. The van der Waals surface area contributed by atoms with Gasteiger partial charge in [-0.05, 0) is 27.2 Å². The van der Waals surface area contributed by atoms with Crippen LogP contribution in [0.3, 0.4) is 0 Å². The van der Waals surface area contributed by atoms with E-state index in [1.807, 2.05) is 13.8 Å². The molecule has 0 radical (unpaired) electrons. The molecule has 11 heavy (non-hydrogen) atoms. The summed E-state index contributed by atoms with van der Waals surface area (Å²) in [5.41, 5.74) is -0.948. The second-order valence-electron chi connectivity index (χ2n) is 4.09. The lowest BCUT2D eigenvalue weighted by Gasteiger charge is -2.18. The van der Waals surface area contributed by atoms with Crippen LogP contribution in [0.2, 0.25) is 0 Å². The molecule has 0 aliphatic carbocycles. The second-order valence-corrected chi connectivity index (χ2v) is 4.09. The standard InChI is InChI=1S/C8H14O3/c1-7(2)4-8(3,5-11-7)6(9)10/h4-5H2,1-3H3,(H,9,10)/t8-/m0/s1. The van der Waals surface area contributed by atoms with Crippen LogP contribution in [-0.2, 0) is 9.53 Å². The first-order chi connectivity index (χ1) is 4.86. The van der Waals surface area contributed by atoms with Gasteiger partial charge in [-0.15, -0.1) is 0 Å². The maximum absolute atomic E-state index is 10.7. The first-order valence-electron chi connectivity index (χ1n) is 3.73. The maximum atomic E-state index is 10.7. The van der Waals surface area contributed by atoms with E-state index in [-0.39, 0.29) is 5.60 Å². The van der Waals surface area contributed by atoms with Crippen LogP contribution in [0, 0.1) is 5.41 Å². The average molecular weight is 158 g/mol. The Morgan fingerprint density at radius 1 is 1.45 bits per heavy atom. The fourth-order valence-corrected chi connectivity index (χ4v) is 1.53. The lowest BCUT2D eigenvalue weighted by Crippen LogP contribution is -2.29. The number of hydrogen-bond donors (Lipinski definition) is 1. The van der Waals surface area contributed by atoms with Crippen molar-refractivity contribution in [1.82, 2.24) is 0 Å². The summed E-state index contributed by atoms with van der Waals surface area (Å²) in [7, 11) is 0. The van der Waals surface area contributed by atoms with Gasteiger partial charge in [-0.25, -0.2) is 0 Å². The van der Waals surface area contributed by atoms with Gasteiger partial charge in [0.15, 0.2) is 0 Å². The highest BCUT2D eigenvalue weighted by atomic mass is 16.5. The monoisotopic (exact) mass is 158 g/mol. The smallest absolute Gasteiger partial charge is 0.311 e. The maximum Gasteiger partial charge on any atom is 0.311 e. The van der Waals surface area contributed by atoms with Crippen molar-refractivity contribution in [3.63, 3.8) is 0 Å². The lowest BCUT2D eigenvalue weighted by molar-refractivity contribution is -0.147. The first-order valence-corrected chi connectivity index (χ1v) is 3.73. The van der Waals surface area contributed by atoms with E-state index in [9.17, 15) is 4.79 Å². The van der Waals surface area contributed by atoms with E-state index in [0.29, 0.717) is 13.0 Å². The molecule has 1 aliphatic rings. The van der Waals surface area contributed by atoms with E-state index in [2.05, 4.69) is 0 Å². The molecule has 1 aliphatic heterocycles. The van der Waals surface area contributed by atoms with Crippen LogP contribution in [0.15, 0.2) is 0 Å². The van der Waals surface area contributed by atoms with Gasteiger partial charge in [0.1, 0.15) is 0 Å². The number of aliphatic carboxylic acids is 1. The average Bonchev–Trinajstić information content (AvgIpc) is 2.08. The molecule has 1 saturated heterocycles. The topological polar surface area (TPSA) is 46.5 Å². The summed E-state index contributed by atoms with van der Waals surface area (Å²) in [6.45, 7) is 5.89. The summed E-state index contributed by atoms with van der Waals surface area (Å²) in [5.74, 6) is -0.761. The highest BCUT2D eigenvalue weighted by Crippen LogP contribution is 2.38. The molecule has 3 nitrogen and oxygen atoms in total. The molecule has 0 unspecified atom stereocenters. The second kappa shape index (κ2) is 2.21. The molecule has 1 heterocycles. The number of carboxylic acids is 1. The first kappa shape index (κ1) is 8.53. The van der Waals surface area contributed by atoms with Crippen molar-refractivity contribution in [1.29, 1.82) is 0 Å². The predicted molar refractivity (Wildman–Crippen MR) is 40.4 cm³/mol. The summed E-state index contributed by atoms with van der Waals surface area (Å²) >= 11 is 0. The van der Waals surface area contributed by atoms with Gasteiger partial charge in [-0.2, -0.15) is 0 Å². The zero-order valence-electron chi connectivity index (χ0n) is 7.18. The fourth-order valence-electron chi connectivity index (χ4n) is 1.53. The van der Waals surface area contributed by atoms with Crippen LogP contribution < -0.4 is 0 Å². The third-order valence-electron chi connectivity index (χ3n) is 2.11. The zero-order valence-corrected chi connectivity index (χ0v) is 7.18. The molecule has 0 bridgehead atoms. The van der Waals surface area contributed by atoms with Gasteiger partial charge in [-0.3, -0.25) is 4.79 Å². The lowest BCUT2D eigenvalue weighted by atomic mass is 9.84. The van der Waals surface area contributed by atoms with E-state index in [1.165, 1.54) is 0 Å². The van der Waals surface area contributed by atoms with Gasteiger partial charge >= 0.3 is 5.97 Å². The largest absolute Gasteiger partial charge is 0.481 e. The number of rotatable bonds is 1. The third kappa shape index (κ3) is 1.53. The Morgan fingerprint density at radius 2 is 2.00 bits per heavy atom. The molecule has 0 amide bonds. The SMILES string of the molecule is CC1(C)C[C@](C)(C(=O)O)CO1. The third-order valence-corrected chi connectivity index (χ3v) is 2.11. The highest BCUT2D eigenvalue weighted by Gasteiger charge is 2.46. The van der Waals surface area contributed by atoms with Crippen molar-refractivity contribution in [2.24, 2.45) is 5.41 Å². The quantitative estimate of drug-likeness (QED) is 0.625. The molecule has 1 fully saturated rings. The van der Waals surface area contributed by atoms with Crippen LogP contribution in [0.1, 0.15) is 27.2 Å². The predicted octanol–water partition coefficient (Wildman–Crippen LogP) is 1.28. The molecule has 3 heteroatoms. The molecular formula is C8H14O3. The molecule has 0 aromatic rings. The minimum Gasteiger partial charge on any atom is -0.481 e. The van der Waals surface area contributed by atoms with E-state index in [4.69, 9.17) is 9.84 Å². The molecule has 1 N–H and O–H groups in total. The molecule has 0 aromatic carbocycles.